The summed E-state index contributed by atoms with van der Waals surface area (Å²) in [5.41, 5.74) is 2.52. The monoisotopic (exact) mass is 270 g/mol. The van der Waals surface area contributed by atoms with Crippen molar-refractivity contribution < 1.29 is 0 Å². The van der Waals surface area contributed by atoms with Gasteiger partial charge >= 0.3 is 0 Å². The maximum Gasteiger partial charge on any atom is 0.0306 e. The second-order valence-electron chi connectivity index (χ2n) is 5.15. The fourth-order valence-corrected chi connectivity index (χ4v) is 2.33. The predicted molar refractivity (Wildman–Crippen MR) is 88.0 cm³/mol. The van der Waals surface area contributed by atoms with Gasteiger partial charge in [0.25, 0.3) is 0 Å². The van der Waals surface area contributed by atoms with Crippen LogP contribution in [0.1, 0.15) is 46.1 Å². The lowest BCUT2D eigenvalue weighted by atomic mass is 9.83. The Hall–Kier alpha value is -1.70. The standard InChI is InChI=1S/C16H20N2.C2H6/c1-12(2)16(14-5-4-8-17-10-14)15-7-6-13(3)9-18-11-15;1-2/h4-13,16H,1-3H3;1-2H3. The molecule has 2 atom stereocenters. The lowest BCUT2D eigenvalue weighted by Crippen LogP contribution is -2.09. The smallest absolute Gasteiger partial charge is 0.0306 e. The number of nitrogens with zero attached hydrogens (tertiary/aromatic N) is 2. The van der Waals surface area contributed by atoms with Gasteiger partial charge in [-0.15, -0.1) is 0 Å². The summed E-state index contributed by atoms with van der Waals surface area (Å²) in [7, 11) is 0. The van der Waals surface area contributed by atoms with E-state index in [4.69, 9.17) is 0 Å². The van der Waals surface area contributed by atoms with Crippen LogP contribution in [-0.2, 0) is 0 Å². The van der Waals surface area contributed by atoms with Crippen LogP contribution >= 0.6 is 0 Å². The molecular formula is C18H26N2. The summed E-state index contributed by atoms with van der Waals surface area (Å²) in [6, 6.07) is 4.14. The average molecular weight is 270 g/mol. The molecule has 0 radical (unpaired) electrons. The highest BCUT2D eigenvalue weighted by atomic mass is 14.7. The number of allylic oxidation sites excluding steroid dienone is 3. The molecule has 1 aromatic rings. The minimum Gasteiger partial charge on any atom is -0.268 e. The number of rotatable bonds is 3. The molecule has 2 heterocycles. The number of aliphatic imine (C=N–C) groups is 1. The van der Waals surface area contributed by atoms with E-state index < -0.39 is 0 Å². The van der Waals surface area contributed by atoms with Crippen LogP contribution < -0.4 is 0 Å². The largest absolute Gasteiger partial charge is 0.268 e. The average Bonchev–Trinajstić information content (AvgIpc) is 2.67. The van der Waals surface area contributed by atoms with E-state index in [-0.39, 0.29) is 0 Å². The van der Waals surface area contributed by atoms with Crippen molar-refractivity contribution in [3.05, 3.63) is 54.0 Å². The molecule has 108 valence electrons. The van der Waals surface area contributed by atoms with Crippen molar-refractivity contribution in [1.82, 2.24) is 4.98 Å². The molecule has 0 N–H and O–H groups in total. The van der Waals surface area contributed by atoms with Crippen LogP contribution in [-0.4, -0.2) is 11.2 Å². The third-order valence-corrected chi connectivity index (χ3v) is 3.21. The van der Waals surface area contributed by atoms with Crippen molar-refractivity contribution in [2.24, 2.45) is 16.8 Å². The van der Waals surface area contributed by atoms with Crippen molar-refractivity contribution in [3.63, 3.8) is 0 Å². The van der Waals surface area contributed by atoms with Crippen molar-refractivity contribution in [1.29, 1.82) is 0 Å². The molecule has 0 saturated carbocycles. The highest BCUT2D eigenvalue weighted by Crippen LogP contribution is 2.33. The third kappa shape index (κ3) is 4.44. The first kappa shape index (κ1) is 16.4. The Morgan fingerprint density at radius 1 is 1.20 bits per heavy atom. The highest BCUT2D eigenvalue weighted by Gasteiger charge is 2.19. The Labute approximate surface area is 123 Å². The molecule has 2 heteroatoms. The van der Waals surface area contributed by atoms with Gasteiger partial charge in [0.15, 0.2) is 0 Å². The van der Waals surface area contributed by atoms with Crippen LogP contribution in [0, 0.1) is 11.8 Å². The summed E-state index contributed by atoms with van der Waals surface area (Å²) < 4.78 is 0. The van der Waals surface area contributed by atoms with Gasteiger partial charge in [-0.2, -0.15) is 0 Å². The summed E-state index contributed by atoms with van der Waals surface area (Å²) in [6.07, 6.45) is 12.1. The lowest BCUT2D eigenvalue weighted by Gasteiger charge is -2.22. The summed E-state index contributed by atoms with van der Waals surface area (Å²) >= 11 is 0. The van der Waals surface area contributed by atoms with Crippen LogP contribution in [0.4, 0.5) is 0 Å². The second kappa shape index (κ2) is 8.47. The molecule has 1 aromatic heterocycles. The minimum atomic E-state index is 0.359. The molecule has 0 bridgehead atoms. The summed E-state index contributed by atoms with van der Waals surface area (Å²) in [5, 5.41) is 0. The molecule has 0 saturated heterocycles. The van der Waals surface area contributed by atoms with E-state index in [0.29, 0.717) is 17.8 Å². The first-order valence-corrected chi connectivity index (χ1v) is 7.50. The van der Waals surface area contributed by atoms with Crippen molar-refractivity contribution >= 4 is 6.21 Å². The number of hydrogen-bond donors (Lipinski definition) is 0. The molecule has 2 unspecified atom stereocenters. The van der Waals surface area contributed by atoms with Crippen molar-refractivity contribution in [3.8, 4) is 0 Å². The first-order chi connectivity index (χ1) is 9.68. The molecule has 0 aliphatic carbocycles. The zero-order chi connectivity index (χ0) is 15.0. The third-order valence-electron chi connectivity index (χ3n) is 3.21. The van der Waals surface area contributed by atoms with Gasteiger partial charge in [0.2, 0.25) is 0 Å². The molecule has 1 aliphatic heterocycles. The van der Waals surface area contributed by atoms with Crippen LogP contribution in [0.15, 0.2) is 53.4 Å². The molecule has 2 nitrogen and oxygen atoms in total. The van der Waals surface area contributed by atoms with E-state index in [1.165, 1.54) is 11.1 Å². The SMILES string of the molecule is CC.CC1C=CC(C(c2cccnc2)C(C)C)=CN=C1. The minimum absolute atomic E-state index is 0.359. The number of pyridine rings is 1. The number of hydrogen-bond acceptors (Lipinski definition) is 2. The van der Waals surface area contributed by atoms with E-state index in [0.717, 1.165) is 0 Å². The normalized spacial score (nSPS) is 18.9. The summed E-state index contributed by atoms with van der Waals surface area (Å²) in [4.78, 5) is 8.62. The van der Waals surface area contributed by atoms with Crippen molar-refractivity contribution in [2.45, 2.75) is 40.5 Å². The van der Waals surface area contributed by atoms with Gasteiger partial charge in [0.1, 0.15) is 0 Å². The van der Waals surface area contributed by atoms with Gasteiger partial charge < -0.3 is 0 Å². The van der Waals surface area contributed by atoms with Gasteiger partial charge in [-0.3, -0.25) is 9.98 Å². The Morgan fingerprint density at radius 3 is 2.55 bits per heavy atom. The van der Waals surface area contributed by atoms with E-state index in [1.807, 2.05) is 44.7 Å². The fraction of sp³-hybridized carbons (Fsp3) is 0.444. The van der Waals surface area contributed by atoms with Crippen LogP contribution in [0.25, 0.3) is 0 Å². The molecule has 2 rings (SSSR count). The molecular weight excluding hydrogens is 244 g/mol. The van der Waals surface area contributed by atoms with E-state index in [1.54, 1.807) is 0 Å². The Morgan fingerprint density at radius 2 is 1.95 bits per heavy atom. The Kier molecular flexibility index (Phi) is 6.92. The molecule has 20 heavy (non-hydrogen) atoms. The Bertz CT molecular complexity index is 469. The number of aromatic nitrogens is 1. The van der Waals surface area contributed by atoms with Gasteiger partial charge in [0.05, 0.1) is 0 Å². The quantitative estimate of drug-likeness (QED) is 0.758. The first-order valence-electron chi connectivity index (χ1n) is 7.50. The molecule has 0 aromatic carbocycles. The second-order valence-corrected chi connectivity index (χ2v) is 5.15. The molecule has 0 spiro atoms. The predicted octanol–water partition coefficient (Wildman–Crippen LogP) is 5.01. The Balaban J connectivity index is 0.000000956. The maximum atomic E-state index is 4.39. The van der Waals surface area contributed by atoms with Gasteiger partial charge in [-0.1, -0.05) is 52.8 Å². The van der Waals surface area contributed by atoms with Crippen molar-refractivity contribution in [2.75, 3.05) is 0 Å². The van der Waals surface area contributed by atoms with Crippen LogP contribution in [0.5, 0.6) is 0 Å². The van der Waals surface area contributed by atoms with E-state index in [2.05, 4.69) is 49.0 Å². The zero-order valence-corrected chi connectivity index (χ0v) is 13.2. The summed E-state index contributed by atoms with van der Waals surface area (Å²) in [6.45, 7) is 10.6. The van der Waals surface area contributed by atoms with Gasteiger partial charge in [-0.25, -0.2) is 0 Å². The van der Waals surface area contributed by atoms with Crippen LogP contribution in [0.2, 0.25) is 0 Å². The molecule has 0 fully saturated rings. The zero-order valence-electron chi connectivity index (χ0n) is 13.2. The van der Waals surface area contributed by atoms with E-state index >= 15 is 0 Å². The maximum absolute atomic E-state index is 4.39. The topological polar surface area (TPSA) is 25.2 Å². The molecule has 1 aliphatic rings. The van der Waals surface area contributed by atoms with Gasteiger partial charge in [0, 0.05) is 36.6 Å². The highest BCUT2D eigenvalue weighted by molar-refractivity contribution is 5.65. The lowest BCUT2D eigenvalue weighted by molar-refractivity contribution is 0.560. The van der Waals surface area contributed by atoms with Crippen LogP contribution in [0.3, 0.4) is 0 Å². The van der Waals surface area contributed by atoms with Gasteiger partial charge in [-0.05, 0) is 23.1 Å². The molecule has 0 amide bonds. The van der Waals surface area contributed by atoms with E-state index in [9.17, 15) is 0 Å². The summed E-state index contributed by atoms with van der Waals surface area (Å²) in [5.74, 6) is 1.28. The fourth-order valence-electron chi connectivity index (χ4n) is 2.33.